The van der Waals surface area contributed by atoms with Crippen molar-refractivity contribution in [3.05, 3.63) is 546 Å². The summed E-state index contributed by atoms with van der Waals surface area (Å²) in [6, 6.07) is 197. The zero-order valence-corrected chi connectivity index (χ0v) is 81.7. The van der Waals surface area contributed by atoms with E-state index in [2.05, 4.69) is 600 Å². The Morgan fingerprint density at radius 2 is 0.497 bits per heavy atom. The monoisotopic (exact) mass is 1890 g/mol. The highest BCUT2D eigenvalue weighted by atomic mass is 31.0. The Morgan fingerprint density at radius 3 is 0.917 bits per heavy atom. The third-order valence-corrected chi connectivity index (χ3v) is 27.5. The van der Waals surface area contributed by atoms with Crippen molar-refractivity contribution in [3.8, 4) is 84.1 Å². The van der Waals surface area contributed by atoms with E-state index in [0.29, 0.717) is 6.06 Å². The molecule has 0 aliphatic carbocycles. The first-order valence-corrected chi connectivity index (χ1v) is 50.2. The third kappa shape index (κ3) is 18.0. The zero-order valence-electron chi connectivity index (χ0n) is 79.5. The first-order valence-electron chi connectivity index (χ1n) is 48.9. The molecule has 0 N–H and O–H groups in total. The van der Waals surface area contributed by atoms with Gasteiger partial charge in [0.25, 0.3) is 7.98 Å². The number of aromatic nitrogens is 4. The van der Waals surface area contributed by atoms with Crippen LogP contribution in [-0.2, 0) is 0 Å². The van der Waals surface area contributed by atoms with Crippen molar-refractivity contribution in [3.63, 3.8) is 0 Å². The van der Waals surface area contributed by atoms with Crippen LogP contribution < -0.4 is 9.80 Å². The first-order chi connectivity index (χ1) is 71.8. The molecule has 0 bridgehead atoms. The lowest BCUT2D eigenvalue weighted by molar-refractivity contribution is 1.10. The third-order valence-electron chi connectivity index (χ3n) is 27.5. The Kier molecular flexibility index (Phi) is 25.8. The van der Waals surface area contributed by atoms with Crippen molar-refractivity contribution in [2.75, 3.05) is 15.9 Å². The van der Waals surface area contributed by atoms with Crippen molar-refractivity contribution in [1.29, 1.82) is 0 Å². The molecule has 27 rings (SSSR count). The summed E-state index contributed by atoms with van der Waals surface area (Å²) in [6.45, 7) is 0. The molecule has 0 saturated carbocycles. The van der Waals surface area contributed by atoms with E-state index in [4.69, 9.17) is 12.8 Å². The number of anilines is 6. The maximum atomic E-state index is 5.12. The molecule has 0 fully saturated rings. The van der Waals surface area contributed by atoms with Crippen LogP contribution in [0.1, 0.15) is 0 Å². The predicted octanol–water partition coefficient (Wildman–Crippen LogP) is 36.8. The van der Waals surface area contributed by atoms with E-state index in [1.807, 2.05) is 0 Å². The highest BCUT2D eigenvalue weighted by Gasteiger charge is 2.24. The van der Waals surface area contributed by atoms with E-state index in [1.54, 1.807) is 0 Å². The number of benzene rings is 24. The summed E-state index contributed by atoms with van der Waals surface area (Å²) in [5.41, 5.74) is 30.5. The van der Waals surface area contributed by atoms with Crippen molar-refractivity contribution in [2.45, 2.75) is 0 Å². The Hall–Kier alpha value is -17.8. The predicted molar refractivity (Wildman–Crippen MR) is 626 cm³/mol. The lowest BCUT2D eigenvalue weighted by atomic mass is 9.84. The quantitative estimate of drug-likeness (QED) is 0.0584. The number of hydrogen-bond donors (Lipinski definition) is 0. The zero-order chi connectivity index (χ0) is 97.5. The van der Waals surface area contributed by atoms with Gasteiger partial charge in [0.1, 0.15) is 5.82 Å². The van der Waals surface area contributed by atoms with E-state index >= 15 is 0 Å². The number of rotatable bonds is 15. The Bertz CT molecular complexity index is 8970. The summed E-state index contributed by atoms with van der Waals surface area (Å²) < 4.78 is 9.79. The van der Waals surface area contributed by atoms with Gasteiger partial charge in [-0.15, -0.1) is 9.24 Å². The second-order valence-corrected chi connectivity index (χ2v) is 36.7. The standard InChI is InChI=1S/C53H34N2.C44H32N2.C36H24N2.CH4BP.BHNP/c1-2-16-44(17-3-1)55-50-21-11-10-20-49(50)54-53(55)38-26-22-37(23-27-38)41-30-31-47-48(34-41)52(43-29-25-36-13-5-7-15-40(36)33-43)46-19-9-8-18-45(46)51(47)42-28-24-35-12-4-6-14-39(35)32-42;1-3-17-37(18-4-1)45(43-23-11-15-35-13-7-9-21-41(35)43)39-29-25-33(26-30-39)34-27-31-40(32-28-34)46(38-19-5-2-6-20-38)44-24-12-16-36-14-8-10-22-42(36)44;1-5-13-33-29(9-1)30-10-2-6-14-34(30)37(33)27-21-17-25(18-22-27)26-19-23-28(24-20-26)38-35-15-7-3-11-31(35)32-12-4-8-16-36(32)38;2-1-3;1-2-3/h1-34H;1-32H;1-24H;1,3H2;3H. The van der Waals surface area contributed by atoms with Crippen molar-refractivity contribution in [1.82, 2.24) is 18.7 Å². The number of para-hydroxylation sites is 9. The highest BCUT2D eigenvalue weighted by Crippen LogP contribution is 2.49. The molecule has 145 heavy (non-hydrogen) atoms. The van der Waals surface area contributed by atoms with Gasteiger partial charge in [0.2, 0.25) is 0 Å². The summed E-state index contributed by atoms with van der Waals surface area (Å²) in [5, 5.41) is 20.0. The van der Waals surface area contributed by atoms with E-state index in [1.165, 1.54) is 170 Å². The van der Waals surface area contributed by atoms with E-state index in [0.717, 1.165) is 67.8 Å². The molecule has 0 saturated heterocycles. The molecule has 3 aromatic heterocycles. The summed E-state index contributed by atoms with van der Waals surface area (Å²) in [6.07, 6.45) is 0. The molecule has 3 heterocycles. The topological polar surface area (TPSA) is 46.5 Å². The van der Waals surface area contributed by atoms with E-state index in [9.17, 15) is 0 Å². The van der Waals surface area contributed by atoms with Crippen LogP contribution in [0, 0.1) is 0 Å². The molecular weight excluding hydrogens is 1790 g/mol. The largest absolute Gasteiger partial charge is 0.344 e. The van der Waals surface area contributed by atoms with E-state index < -0.39 is 0 Å². The molecule has 27 aromatic rings. The first kappa shape index (κ1) is 91.0. The average molecular weight is 1890 g/mol. The van der Waals surface area contributed by atoms with Crippen molar-refractivity contribution >= 4 is 188 Å². The Balaban J connectivity index is 0.000000119. The van der Waals surface area contributed by atoms with Crippen LogP contribution in [0.3, 0.4) is 0 Å². The maximum Gasteiger partial charge on any atom is 0.265 e. The van der Waals surface area contributed by atoms with Gasteiger partial charge in [-0.05, 0) is 270 Å². The molecule has 0 spiro atoms. The fraction of sp³-hybridized carbons (Fsp3) is 0.00746. The van der Waals surface area contributed by atoms with Crippen LogP contribution in [0.2, 0.25) is 0 Å². The average Bonchev–Trinajstić information content (AvgIpc) is 1.72. The van der Waals surface area contributed by atoms with Gasteiger partial charge in [0.05, 0.1) is 52.3 Å². The molecule has 4 radical (unpaired) electrons. The molecule has 0 aliphatic heterocycles. The van der Waals surface area contributed by atoms with Gasteiger partial charge in [0.15, 0.2) is 0 Å². The molecule has 11 heteroatoms. The molecular formula is C134H95B2N7P2. The maximum absolute atomic E-state index is 5.12. The van der Waals surface area contributed by atoms with Crippen LogP contribution in [0.15, 0.2) is 551 Å². The summed E-state index contributed by atoms with van der Waals surface area (Å²) in [5.74, 6) is 0.933. The van der Waals surface area contributed by atoms with Crippen LogP contribution >= 0.6 is 18.3 Å². The van der Waals surface area contributed by atoms with Gasteiger partial charge >= 0.3 is 0 Å². The van der Waals surface area contributed by atoms with Crippen LogP contribution in [0.25, 0.3) is 203 Å². The summed E-state index contributed by atoms with van der Waals surface area (Å²) in [4.78, 5) is 9.81. The Morgan fingerprint density at radius 1 is 0.221 bits per heavy atom. The number of fused-ring (bicyclic) bond motifs is 13. The minimum absolute atomic E-state index is 0.667. The normalized spacial score (nSPS) is 11.2. The fourth-order valence-corrected chi connectivity index (χ4v) is 21.0. The molecule has 24 aromatic carbocycles. The molecule has 682 valence electrons. The molecule has 1 unspecified atom stereocenters. The van der Waals surface area contributed by atoms with Gasteiger partial charge < -0.3 is 23.6 Å². The minimum Gasteiger partial charge on any atom is -0.344 e. The lowest BCUT2D eigenvalue weighted by Gasteiger charge is -2.27. The van der Waals surface area contributed by atoms with Gasteiger partial charge in [-0.2, -0.15) is 0 Å². The molecule has 7 nitrogen and oxygen atoms in total. The van der Waals surface area contributed by atoms with E-state index in [-0.39, 0.29) is 0 Å². The molecule has 0 aliphatic rings. The molecule has 0 amide bonds. The fourth-order valence-electron chi connectivity index (χ4n) is 21.0. The molecule has 1 atom stereocenters. The number of hydrogen-bond acceptors (Lipinski definition) is 4. The second-order valence-electron chi connectivity index (χ2n) is 36.0. The van der Waals surface area contributed by atoms with Crippen LogP contribution in [0.4, 0.5) is 34.1 Å². The summed E-state index contributed by atoms with van der Waals surface area (Å²) >= 11 is 0. The Labute approximate surface area is 850 Å². The lowest BCUT2D eigenvalue weighted by Crippen LogP contribution is -2.10. The van der Waals surface area contributed by atoms with Gasteiger partial charge in [-0.3, -0.25) is 4.57 Å². The summed E-state index contributed by atoms with van der Waals surface area (Å²) in [7, 11) is 14.1. The van der Waals surface area contributed by atoms with Crippen molar-refractivity contribution in [2.24, 2.45) is 4.66 Å². The smallest absolute Gasteiger partial charge is 0.265 e. The number of imidazole rings is 1. The van der Waals surface area contributed by atoms with Gasteiger partial charge in [-0.25, -0.2) is 4.98 Å². The number of nitrogens with zero attached hydrogens (tertiary/aromatic N) is 7. The van der Waals surface area contributed by atoms with Gasteiger partial charge in [-0.1, -0.05) is 400 Å². The second kappa shape index (κ2) is 41.2. The SMILES string of the molecule is [B]CP.[B]N=P.c1ccc(-n2c(-c3ccc(-c4ccc5c(-c6ccc7ccccc7c6)c6ccccc6c(-c6ccc7ccccc7c6)c5c4)cc3)nc3ccccc32)cc1.c1ccc(N(c2ccc(-c3ccc(N(c4ccccc4)c4cccc5ccccc45)cc3)cc2)c2cccc3ccccc23)cc1.c1ccc2c(c1)c1ccccc1n2-c1ccc(-c2ccc(-n3c4ccccc4c4ccccc43)cc2)cc1. The van der Waals surface area contributed by atoms with Crippen LogP contribution in [-0.4, -0.2) is 40.6 Å². The highest BCUT2D eigenvalue weighted by molar-refractivity contribution is 7.19. The van der Waals surface area contributed by atoms with Gasteiger partial charge in [0, 0.05) is 77.7 Å². The van der Waals surface area contributed by atoms with Crippen LogP contribution in [0.5, 0.6) is 0 Å². The van der Waals surface area contributed by atoms with Crippen molar-refractivity contribution < 1.29 is 0 Å². The minimum atomic E-state index is 0.667.